The highest BCUT2D eigenvalue weighted by Gasteiger charge is 2.24. The Hall–Kier alpha value is -3.40. The van der Waals surface area contributed by atoms with Crippen LogP contribution >= 0.6 is 0 Å². The summed E-state index contributed by atoms with van der Waals surface area (Å²) < 4.78 is 0. The van der Waals surface area contributed by atoms with E-state index in [9.17, 15) is 9.59 Å². The van der Waals surface area contributed by atoms with Crippen molar-refractivity contribution in [2.45, 2.75) is 0 Å². The standard InChI is InChI=1S/C20H10N2O2/c23-15-9-10-16(24)20-19(15)21-17-13-7-3-1-5-11(13)12-6-2-4-8-14(12)18(17)22-20/h1-10H. The van der Waals surface area contributed by atoms with E-state index in [-0.39, 0.29) is 23.0 Å². The van der Waals surface area contributed by atoms with Crippen LogP contribution in [0.25, 0.3) is 32.6 Å². The highest BCUT2D eigenvalue weighted by atomic mass is 16.1. The largest absolute Gasteiger partial charge is 0.287 e. The molecule has 1 aliphatic rings. The summed E-state index contributed by atoms with van der Waals surface area (Å²) in [4.78, 5) is 33.3. The minimum Gasteiger partial charge on any atom is -0.287 e. The van der Waals surface area contributed by atoms with Gasteiger partial charge in [-0.15, -0.1) is 0 Å². The van der Waals surface area contributed by atoms with Crippen LogP contribution < -0.4 is 0 Å². The number of carbonyl (C=O) groups excluding carboxylic acids is 2. The summed E-state index contributed by atoms with van der Waals surface area (Å²) in [6.07, 6.45) is 2.52. The number of rotatable bonds is 0. The summed E-state index contributed by atoms with van der Waals surface area (Å²) in [5.41, 5.74) is 1.57. The lowest BCUT2D eigenvalue weighted by atomic mass is 9.98. The molecule has 112 valence electrons. The van der Waals surface area contributed by atoms with Gasteiger partial charge in [0.15, 0.2) is 0 Å². The van der Waals surface area contributed by atoms with Crippen molar-refractivity contribution in [2.24, 2.45) is 0 Å². The molecule has 24 heavy (non-hydrogen) atoms. The number of nitrogens with zero attached hydrogens (tertiary/aromatic N) is 2. The Morgan fingerprint density at radius 1 is 0.542 bits per heavy atom. The van der Waals surface area contributed by atoms with Crippen molar-refractivity contribution in [1.82, 2.24) is 9.97 Å². The van der Waals surface area contributed by atoms with Crippen molar-refractivity contribution in [3.8, 4) is 0 Å². The highest BCUT2D eigenvalue weighted by molar-refractivity contribution is 6.26. The van der Waals surface area contributed by atoms with Crippen LogP contribution in [0.5, 0.6) is 0 Å². The molecule has 0 aliphatic heterocycles. The van der Waals surface area contributed by atoms with Crippen LogP contribution in [0.3, 0.4) is 0 Å². The Morgan fingerprint density at radius 3 is 1.33 bits per heavy atom. The van der Waals surface area contributed by atoms with Crippen LogP contribution in [-0.4, -0.2) is 21.5 Å². The predicted molar refractivity (Wildman–Crippen MR) is 92.4 cm³/mol. The highest BCUT2D eigenvalue weighted by Crippen LogP contribution is 2.33. The second-order valence-electron chi connectivity index (χ2n) is 5.77. The lowest BCUT2D eigenvalue weighted by Gasteiger charge is -2.13. The number of hydrogen-bond acceptors (Lipinski definition) is 4. The Balaban J connectivity index is 2.09. The van der Waals surface area contributed by atoms with Crippen LogP contribution in [0, 0.1) is 0 Å². The van der Waals surface area contributed by atoms with E-state index in [0.29, 0.717) is 11.0 Å². The van der Waals surface area contributed by atoms with E-state index >= 15 is 0 Å². The fourth-order valence-electron chi connectivity index (χ4n) is 3.31. The second-order valence-corrected chi connectivity index (χ2v) is 5.77. The van der Waals surface area contributed by atoms with Gasteiger partial charge in [-0.1, -0.05) is 48.5 Å². The minimum absolute atomic E-state index is 0.135. The van der Waals surface area contributed by atoms with E-state index < -0.39 is 0 Å². The first-order chi connectivity index (χ1) is 11.7. The minimum atomic E-state index is -0.281. The van der Waals surface area contributed by atoms with Gasteiger partial charge in [0, 0.05) is 10.8 Å². The van der Waals surface area contributed by atoms with E-state index in [4.69, 9.17) is 0 Å². The molecule has 0 amide bonds. The number of ketones is 2. The topological polar surface area (TPSA) is 59.9 Å². The monoisotopic (exact) mass is 310 g/mol. The Morgan fingerprint density at radius 2 is 0.917 bits per heavy atom. The molecule has 4 heteroatoms. The van der Waals surface area contributed by atoms with E-state index in [1.807, 2.05) is 48.5 Å². The molecule has 0 atom stereocenters. The first kappa shape index (κ1) is 13.1. The molecule has 5 rings (SSSR count). The number of aromatic nitrogens is 2. The average Bonchev–Trinajstić information content (AvgIpc) is 2.64. The third-order valence-corrected chi connectivity index (χ3v) is 4.40. The van der Waals surface area contributed by atoms with Crippen molar-refractivity contribution in [1.29, 1.82) is 0 Å². The zero-order chi connectivity index (χ0) is 16.3. The van der Waals surface area contributed by atoms with Gasteiger partial charge in [0.25, 0.3) is 0 Å². The lowest BCUT2D eigenvalue weighted by molar-refractivity contribution is 0.0987. The van der Waals surface area contributed by atoms with Crippen LogP contribution in [-0.2, 0) is 0 Å². The van der Waals surface area contributed by atoms with Crippen LogP contribution in [0.4, 0.5) is 0 Å². The zero-order valence-corrected chi connectivity index (χ0v) is 12.5. The molecule has 0 saturated carbocycles. The van der Waals surface area contributed by atoms with Gasteiger partial charge in [0.2, 0.25) is 11.6 Å². The summed E-state index contributed by atoms with van der Waals surface area (Å²) >= 11 is 0. The molecule has 3 aromatic carbocycles. The molecular weight excluding hydrogens is 300 g/mol. The summed E-state index contributed by atoms with van der Waals surface area (Å²) in [7, 11) is 0. The smallest absolute Gasteiger partial charge is 0.206 e. The van der Waals surface area contributed by atoms with Crippen molar-refractivity contribution in [3.05, 3.63) is 72.1 Å². The molecule has 0 unspecified atom stereocenters. The van der Waals surface area contributed by atoms with E-state index in [0.717, 1.165) is 21.5 Å². The quantitative estimate of drug-likeness (QED) is 0.463. The maximum Gasteiger partial charge on any atom is 0.206 e. The molecule has 0 bridgehead atoms. The van der Waals surface area contributed by atoms with Crippen LogP contribution in [0.15, 0.2) is 60.7 Å². The number of allylic oxidation sites excluding steroid dienone is 2. The summed E-state index contributed by atoms with van der Waals surface area (Å²) in [5, 5.41) is 3.97. The Bertz CT molecular complexity index is 1140. The first-order valence-electron chi connectivity index (χ1n) is 7.62. The van der Waals surface area contributed by atoms with Crippen molar-refractivity contribution >= 4 is 44.1 Å². The van der Waals surface area contributed by atoms with Crippen molar-refractivity contribution < 1.29 is 9.59 Å². The summed E-state index contributed by atoms with van der Waals surface area (Å²) in [5.74, 6) is -0.563. The third-order valence-electron chi connectivity index (χ3n) is 4.40. The van der Waals surface area contributed by atoms with Gasteiger partial charge >= 0.3 is 0 Å². The second kappa shape index (κ2) is 4.55. The molecule has 0 spiro atoms. The fourth-order valence-corrected chi connectivity index (χ4v) is 3.31. The van der Waals surface area contributed by atoms with Gasteiger partial charge in [-0.3, -0.25) is 9.59 Å². The molecule has 4 aromatic rings. The van der Waals surface area contributed by atoms with Gasteiger partial charge in [-0.05, 0) is 22.9 Å². The van der Waals surface area contributed by atoms with Gasteiger partial charge in [-0.2, -0.15) is 0 Å². The van der Waals surface area contributed by atoms with E-state index in [1.54, 1.807) is 0 Å². The number of hydrogen-bond donors (Lipinski definition) is 0. The number of benzene rings is 3. The van der Waals surface area contributed by atoms with Gasteiger partial charge in [0.05, 0.1) is 11.0 Å². The number of carbonyl (C=O) groups is 2. The molecule has 4 nitrogen and oxygen atoms in total. The predicted octanol–water partition coefficient (Wildman–Crippen LogP) is 3.87. The molecule has 0 fully saturated rings. The third kappa shape index (κ3) is 1.62. The molecule has 0 radical (unpaired) electrons. The molecule has 1 aromatic heterocycles. The molecule has 0 N–H and O–H groups in total. The van der Waals surface area contributed by atoms with Gasteiger partial charge in [0.1, 0.15) is 11.4 Å². The molecule has 1 aliphatic carbocycles. The van der Waals surface area contributed by atoms with Crippen molar-refractivity contribution in [2.75, 3.05) is 0 Å². The average molecular weight is 310 g/mol. The SMILES string of the molecule is O=C1C=CC(=O)c2nc3c4ccccc4c4ccccc4c3nc21. The van der Waals surface area contributed by atoms with Crippen molar-refractivity contribution in [3.63, 3.8) is 0 Å². The normalized spacial score (nSPS) is 13.8. The van der Waals surface area contributed by atoms with E-state index in [1.165, 1.54) is 12.2 Å². The molecule has 0 saturated heterocycles. The fraction of sp³-hybridized carbons (Fsp3) is 0. The first-order valence-corrected chi connectivity index (χ1v) is 7.62. The Labute approximate surface area is 136 Å². The zero-order valence-electron chi connectivity index (χ0n) is 12.5. The molecular formula is C20H10N2O2. The van der Waals surface area contributed by atoms with Crippen LogP contribution in [0.1, 0.15) is 21.0 Å². The maximum atomic E-state index is 12.1. The summed E-state index contributed by atoms with van der Waals surface area (Å²) in [6.45, 7) is 0. The van der Waals surface area contributed by atoms with Gasteiger partial charge < -0.3 is 0 Å². The summed E-state index contributed by atoms with van der Waals surface area (Å²) in [6, 6.07) is 15.8. The van der Waals surface area contributed by atoms with E-state index in [2.05, 4.69) is 9.97 Å². The molecule has 1 heterocycles. The van der Waals surface area contributed by atoms with Crippen LogP contribution in [0.2, 0.25) is 0 Å². The Kier molecular flexibility index (Phi) is 2.48. The lowest BCUT2D eigenvalue weighted by Crippen LogP contribution is -2.16. The maximum absolute atomic E-state index is 12.1. The number of fused-ring (bicyclic) bond motifs is 7. The van der Waals surface area contributed by atoms with Gasteiger partial charge in [-0.25, -0.2) is 9.97 Å².